The van der Waals surface area contributed by atoms with Gasteiger partial charge in [-0.3, -0.25) is 0 Å². The number of aliphatic hydroxyl groups is 1. The van der Waals surface area contributed by atoms with Gasteiger partial charge in [0.25, 0.3) is 5.89 Å². The Morgan fingerprint density at radius 1 is 1.33 bits per heavy atom. The van der Waals surface area contributed by atoms with Gasteiger partial charge in [0.15, 0.2) is 5.82 Å². The number of halogens is 1. The molecule has 0 radical (unpaired) electrons. The summed E-state index contributed by atoms with van der Waals surface area (Å²) in [5.41, 5.74) is 1.09. The predicted molar refractivity (Wildman–Crippen MR) is 57.2 cm³/mol. The van der Waals surface area contributed by atoms with Crippen LogP contribution in [0.5, 0.6) is 0 Å². The van der Waals surface area contributed by atoms with Crippen LogP contribution < -0.4 is 0 Å². The van der Waals surface area contributed by atoms with Gasteiger partial charge in [0.05, 0.1) is 0 Å². The molecule has 15 heavy (non-hydrogen) atoms. The molecule has 0 spiro atoms. The molecule has 0 fully saturated rings. The van der Waals surface area contributed by atoms with E-state index in [1.807, 2.05) is 24.3 Å². The molecule has 0 bridgehead atoms. The number of benzene rings is 1. The summed E-state index contributed by atoms with van der Waals surface area (Å²) in [6.45, 7) is -0.219. The average Bonchev–Trinajstić information content (AvgIpc) is 2.69. The summed E-state index contributed by atoms with van der Waals surface area (Å²) in [6.07, 6.45) is 0.588. The van der Waals surface area contributed by atoms with Crippen LogP contribution in [-0.2, 0) is 13.0 Å². The molecule has 0 amide bonds. The van der Waals surface area contributed by atoms with Crippen molar-refractivity contribution in [3.63, 3.8) is 0 Å². The van der Waals surface area contributed by atoms with E-state index in [1.165, 1.54) is 0 Å². The van der Waals surface area contributed by atoms with Crippen molar-refractivity contribution in [1.29, 1.82) is 0 Å². The zero-order valence-corrected chi connectivity index (χ0v) is 9.44. The summed E-state index contributed by atoms with van der Waals surface area (Å²) < 4.78 is 5.81. The third-order valence-electron chi connectivity index (χ3n) is 1.95. The molecule has 2 aromatic rings. The third-order valence-corrected chi connectivity index (χ3v) is 2.73. The fourth-order valence-corrected chi connectivity index (χ4v) is 1.66. The van der Waals surface area contributed by atoms with E-state index >= 15 is 0 Å². The van der Waals surface area contributed by atoms with Crippen molar-refractivity contribution in [1.82, 2.24) is 10.1 Å². The SMILES string of the molecule is OCc1nc(Cc2ccccc2Br)no1. The molecule has 0 saturated carbocycles. The molecule has 0 saturated heterocycles. The van der Waals surface area contributed by atoms with Crippen molar-refractivity contribution in [2.45, 2.75) is 13.0 Å². The second kappa shape index (κ2) is 4.55. The number of hydrogen-bond donors (Lipinski definition) is 1. The number of hydrogen-bond acceptors (Lipinski definition) is 4. The first-order valence-electron chi connectivity index (χ1n) is 4.45. The van der Waals surface area contributed by atoms with E-state index in [0.717, 1.165) is 10.0 Å². The van der Waals surface area contributed by atoms with Crippen LogP contribution in [-0.4, -0.2) is 15.2 Å². The van der Waals surface area contributed by atoms with Gasteiger partial charge in [-0.1, -0.05) is 39.3 Å². The second-order valence-corrected chi connectivity index (χ2v) is 3.88. The number of aromatic nitrogens is 2. The first-order chi connectivity index (χ1) is 7.29. The number of rotatable bonds is 3. The smallest absolute Gasteiger partial charge is 0.252 e. The van der Waals surface area contributed by atoms with Gasteiger partial charge in [-0.25, -0.2) is 0 Å². The fourth-order valence-electron chi connectivity index (χ4n) is 1.24. The molecule has 1 N–H and O–H groups in total. The number of aliphatic hydroxyl groups excluding tert-OH is 1. The lowest BCUT2D eigenvalue weighted by Gasteiger charge is -1.99. The highest BCUT2D eigenvalue weighted by atomic mass is 79.9. The van der Waals surface area contributed by atoms with E-state index in [2.05, 4.69) is 26.1 Å². The van der Waals surface area contributed by atoms with Gasteiger partial charge in [0.1, 0.15) is 6.61 Å². The molecule has 78 valence electrons. The molecule has 0 unspecified atom stereocenters. The summed E-state index contributed by atoms with van der Waals surface area (Å²) in [6, 6.07) is 7.84. The molecule has 1 aromatic carbocycles. The Morgan fingerprint density at radius 2 is 2.13 bits per heavy atom. The third kappa shape index (κ3) is 2.43. The Balaban J connectivity index is 2.18. The Labute approximate surface area is 95.1 Å². The van der Waals surface area contributed by atoms with Crippen LogP contribution in [0.3, 0.4) is 0 Å². The summed E-state index contributed by atoms with van der Waals surface area (Å²) in [5, 5.41) is 12.5. The Morgan fingerprint density at radius 3 is 2.80 bits per heavy atom. The van der Waals surface area contributed by atoms with Crippen molar-refractivity contribution >= 4 is 15.9 Å². The van der Waals surface area contributed by atoms with Crippen LogP contribution in [0.15, 0.2) is 33.3 Å². The summed E-state index contributed by atoms with van der Waals surface area (Å²) in [4.78, 5) is 4.02. The molecule has 2 rings (SSSR count). The maximum Gasteiger partial charge on any atom is 0.252 e. The average molecular weight is 269 g/mol. The zero-order chi connectivity index (χ0) is 10.7. The zero-order valence-electron chi connectivity index (χ0n) is 7.85. The van der Waals surface area contributed by atoms with Crippen molar-refractivity contribution in [2.24, 2.45) is 0 Å². The Hall–Kier alpha value is -1.20. The minimum Gasteiger partial charge on any atom is -0.387 e. The highest BCUT2D eigenvalue weighted by molar-refractivity contribution is 9.10. The minimum absolute atomic E-state index is 0.219. The van der Waals surface area contributed by atoms with Gasteiger partial charge >= 0.3 is 0 Å². The molecular weight excluding hydrogens is 260 g/mol. The van der Waals surface area contributed by atoms with Crippen LogP contribution in [0.2, 0.25) is 0 Å². The van der Waals surface area contributed by atoms with Gasteiger partial charge in [-0.05, 0) is 11.6 Å². The predicted octanol–water partition coefficient (Wildman–Crippen LogP) is 1.92. The fraction of sp³-hybridized carbons (Fsp3) is 0.200. The maximum atomic E-state index is 8.77. The van der Waals surface area contributed by atoms with Crippen LogP contribution in [0, 0.1) is 0 Å². The molecule has 1 heterocycles. The standard InChI is InChI=1S/C10H9BrN2O2/c11-8-4-2-1-3-7(8)5-9-12-10(6-14)15-13-9/h1-4,14H,5-6H2. The molecule has 5 heteroatoms. The summed E-state index contributed by atoms with van der Waals surface area (Å²) in [7, 11) is 0. The Bertz CT molecular complexity index is 456. The van der Waals surface area contributed by atoms with E-state index in [0.29, 0.717) is 12.2 Å². The second-order valence-electron chi connectivity index (χ2n) is 3.03. The van der Waals surface area contributed by atoms with Crippen molar-refractivity contribution in [3.8, 4) is 0 Å². The molecule has 4 nitrogen and oxygen atoms in total. The van der Waals surface area contributed by atoms with Crippen molar-refractivity contribution < 1.29 is 9.63 Å². The van der Waals surface area contributed by atoms with Crippen LogP contribution in [0.1, 0.15) is 17.3 Å². The number of nitrogens with zero attached hydrogens (tertiary/aromatic N) is 2. The molecular formula is C10H9BrN2O2. The summed E-state index contributed by atoms with van der Waals surface area (Å²) >= 11 is 3.44. The van der Waals surface area contributed by atoms with Crippen molar-refractivity contribution in [2.75, 3.05) is 0 Å². The Kier molecular flexibility index (Phi) is 3.13. The lowest BCUT2D eigenvalue weighted by molar-refractivity contribution is 0.222. The lowest BCUT2D eigenvalue weighted by Crippen LogP contribution is -1.92. The molecule has 0 aliphatic carbocycles. The minimum atomic E-state index is -0.219. The highest BCUT2D eigenvalue weighted by Crippen LogP contribution is 2.18. The van der Waals surface area contributed by atoms with Gasteiger partial charge in [0, 0.05) is 10.9 Å². The molecule has 0 aliphatic rings. The molecule has 0 atom stereocenters. The summed E-state index contributed by atoms with van der Waals surface area (Å²) in [5.74, 6) is 0.822. The topological polar surface area (TPSA) is 59.2 Å². The van der Waals surface area contributed by atoms with Gasteiger partial charge in [-0.15, -0.1) is 0 Å². The normalized spacial score (nSPS) is 10.5. The maximum absolute atomic E-state index is 8.77. The highest BCUT2D eigenvalue weighted by Gasteiger charge is 2.07. The quantitative estimate of drug-likeness (QED) is 0.924. The van der Waals surface area contributed by atoms with E-state index in [4.69, 9.17) is 9.63 Å². The largest absolute Gasteiger partial charge is 0.387 e. The monoisotopic (exact) mass is 268 g/mol. The van der Waals surface area contributed by atoms with E-state index in [-0.39, 0.29) is 12.5 Å². The van der Waals surface area contributed by atoms with Gasteiger partial charge in [-0.2, -0.15) is 4.98 Å². The van der Waals surface area contributed by atoms with E-state index < -0.39 is 0 Å². The van der Waals surface area contributed by atoms with Crippen LogP contribution >= 0.6 is 15.9 Å². The van der Waals surface area contributed by atoms with E-state index in [9.17, 15) is 0 Å². The molecule has 1 aromatic heterocycles. The van der Waals surface area contributed by atoms with Gasteiger partial charge in [0.2, 0.25) is 0 Å². The van der Waals surface area contributed by atoms with Crippen LogP contribution in [0.25, 0.3) is 0 Å². The molecule has 0 aliphatic heterocycles. The van der Waals surface area contributed by atoms with E-state index in [1.54, 1.807) is 0 Å². The van der Waals surface area contributed by atoms with Gasteiger partial charge < -0.3 is 9.63 Å². The first-order valence-corrected chi connectivity index (χ1v) is 5.24. The first kappa shape index (κ1) is 10.3. The van der Waals surface area contributed by atoms with Crippen LogP contribution in [0.4, 0.5) is 0 Å². The van der Waals surface area contributed by atoms with Crippen molar-refractivity contribution in [3.05, 3.63) is 46.0 Å². The lowest BCUT2D eigenvalue weighted by atomic mass is 10.1.